The fourth-order valence-electron chi connectivity index (χ4n) is 6.21. The lowest BCUT2D eigenvalue weighted by molar-refractivity contribution is 0.0689. The van der Waals surface area contributed by atoms with Gasteiger partial charge in [0.1, 0.15) is 30.1 Å². The van der Waals surface area contributed by atoms with Crippen LogP contribution in [-0.4, -0.2) is 65.1 Å². The van der Waals surface area contributed by atoms with E-state index in [1.807, 2.05) is 32.6 Å². The molecule has 0 spiro atoms. The highest BCUT2D eigenvalue weighted by Gasteiger charge is 2.46. The number of aromatic nitrogens is 7. The second kappa shape index (κ2) is 15.5. The van der Waals surface area contributed by atoms with E-state index in [4.69, 9.17) is 9.84 Å². The molecule has 5 rings (SSSR count). The Labute approximate surface area is 276 Å². The molecule has 1 aliphatic heterocycles. The predicted molar refractivity (Wildman–Crippen MR) is 180 cm³/mol. The standard InChI is InChI=1S/C35H47N9O3/c1-34(2,3)14-11-9-7-5-4-6-8-10-12-18-47-26-42-17-13-28-31(39-25-40-32(28)42)27-19-41-44(22-27)35(15-16-36)23-43(24-35)30-21-37-29(20-38-30)33(45)46/h13,17,19-22,25H,4-12,14-15,18,23-24,26H2,1-3H3,(H,45,46). The first-order chi connectivity index (χ1) is 22.7. The average Bonchev–Trinajstić information content (AvgIpc) is 3.69. The molecule has 0 bridgehead atoms. The van der Waals surface area contributed by atoms with Crippen molar-refractivity contribution < 1.29 is 14.6 Å². The number of nitrogens with zero attached hydrogens (tertiary/aromatic N) is 9. The van der Waals surface area contributed by atoms with Crippen LogP contribution in [0.5, 0.6) is 0 Å². The molecule has 0 saturated carbocycles. The molecule has 4 aromatic heterocycles. The van der Waals surface area contributed by atoms with Crippen molar-refractivity contribution in [2.45, 2.75) is 104 Å². The van der Waals surface area contributed by atoms with Gasteiger partial charge in [-0.3, -0.25) is 4.68 Å². The normalized spacial score (nSPS) is 14.3. The van der Waals surface area contributed by atoms with Crippen molar-refractivity contribution in [3.8, 4) is 17.3 Å². The third kappa shape index (κ3) is 8.71. The van der Waals surface area contributed by atoms with Gasteiger partial charge in [-0.1, -0.05) is 72.1 Å². The van der Waals surface area contributed by atoms with Gasteiger partial charge in [-0.05, 0) is 24.3 Å². The monoisotopic (exact) mass is 641 g/mol. The van der Waals surface area contributed by atoms with E-state index < -0.39 is 11.5 Å². The summed E-state index contributed by atoms with van der Waals surface area (Å²) in [5, 5.41) is 24.3. The SMILES string of the molecule is CC(C)(C)CCCCCCCCCCCOCn1ccc2c(-c3cnn(C4(CC#N)CN(c5cnc(C(=O)O)cn5)C4)c3)ncnc21. The fourth-order valence-corrected chi connectivity index (χ4v) is 6.21. The zero-order valence-electron chi connectivity index (χ0n) is 27.9. The number of anilines is 1. The van der Waals surface area contributed by atoms with Gasteiger partial charge in [-0.15, -0.1) is 0 Å². The zero-order chi connectivity index (χ0) is 33.3. The molecule has 0 amide bonds. The Morgan fingerprint density at radius 1 is 0.979 bits per heavy atom. The van der Waals surface area contributed by atoms with Crippen molar-refractivity contribution >= 4 is 22.8 Å². The summed E-state index contributed by atoms with van der Waals surface area (Å²) in [6, 6.07) is 4.30. The molecule has 250 valence electrons. The summed E-state index contributed by atoms with van der Waals surface area (Å²) in [4.78, 5) is 30.4. The molecule has 0 aliphatic carbocycles. The van der Waals surface area contributed by atoms with Gasteiger partial charge in [0.25, 0.3) is 0 Å². The van der Waals surface area contributed by atoms with E-state index in [9.17, 15) is 10.1 Å². The number of hydrogen-bond acceptors (Lipinski definition) is 9. The van der Waals surface area contributed by atoms with Gasteiger partial charge in [0, 0.05) is 43.0 Å². The smallest absolute Gasteiger partial charge is 0.356 e. The quantitative estimate of drug-likeness (QED) is 0.115. The maximum Gasteiger partial charge on any atom is 0.356 e. The van der Waals surface area contributed by atoms with Crippen LogP contribution >= 0.6 is 0 Å². The lowest BCUT2D eigenvalue weighted by Gasteiger charge is -2.49. The number of fused-ring (bicyclic) bond motifs is 1. The number of carbonyl (C=O) groups is 1. The molecule has 12 nitrogen and oxygen atoms in total. The van der Waals surface area contributed by atoms with Gasteiger partial charge < -0.3 is 19.3 Å². The minimum Gasteiger partial charge on any atom is -0.476 e. The number of unbranched alkanes of at least 4 members (excludes halogenated alkanes) is 8. The predicted octanol–water partition coefficient (Wildman–Crippen LogP) is 6.83. The van der Waals surface area contributed by atoms with E-state index in [2.05, 4.69) is 51.9 Å². The summed E-state index contributed by atoms with van der Waals surface area (Å²) in [6.07, 6.45) is 23.1. The fraction of sp³-hybridized carbons (Fsp3) is 0.571. The molecule has 0 atom stereocenters. The second-order valence-corrected chi connectivity index (χ2v) is 13.9. The van der Waals surface area contributed by atoms with Gasteiger partial charge >= 0.3 is 5.97 Å². The number of rotatable bonds is 18. The maximum absolute atomic E-state index is 11.1. The van der Waals surface area contributed by atoms with Crippen LogP contribution in [0, 0.1) is 16.7 Å². The lowest BCUT2D eigenvalue weighted by atomic mass is 9.87. The highest BCUT2D eigenvalue weighted by atomic mass is 16.5. The second-order valence-electron chi connectivity index (χ2n) is 13.9. The first-order valence-electron chi connectivity index (χ1n) is 16.8. The highest BCUT2D eigenvalue weighted by Crippen LogP contribution is 2.36. The van der Waals surface area contributed by atoms with Gasteiger partial charge in [-0.2, -0.15) is 10.4 Å². The van der Waals surface area contributed by atoms with E-state index in [1.165, 1.54) is 70.2 Å². The van der Waals surface area contributed by atoms with Crippen molar-refractivity contribution in [1.82, 2.24) is 34.3 Å². The van der Waals surface area contributed by atoms with Crippen molar-refractivity contribution in [2.75, 3.05) is 24.6 Å². The van der Waals surface area contributed by atoms with E-state index in [1.54, 1.807) is 12.5 Å². The summed E-state index contributed by atoms with van der Waals surface area (Å²) in [5.41, 5.74) is 2.21. The van der Waals surface area contributed by atoms with Crippen molar-refractivity contribution in [2.24, 2.45) is 5.41 Å². The number of carboxylic acid groups (broad SMARTS) is 1. The van der Waals surface area contributed by atoms with Gasteiger partial charge in [-0.25, -0.2) is 24.7 Å². The Morgan fingerprint density at radius 2 is 1.70 bits per heavy atom. The topological polar surface area (TPSA) is 148 Å². The van der Waals surface area contributed by atoms with Crippen LogP contribution in [0.4, 0.5) is 5.82 Å². The number of ether oxygens (including phenoxy) is 1. The van der Waals surface area contributed by atoms with Gasteiger partial charge in [0.2, 0.25) is 0 Å². The molecule has 5 heterocycles. The minimum absolute atomic E-state index is 0.111. The summed E-state index contributed by atoms with van der Waals surface area (Å²) in [7, 11) is 0. The van der Waals surface area contributed by atoms with E-state index >= 15 is 0 Å². The summed E-state index contributed by atoms with van der Waals surface area (Å²) < 4.78 is 9.84. The molecule has 4 aromatic rings. The summed E-state index contributed by atoms with van der Waals surface area (Å²) in [5.74, 6) is -0.564. The van der Waals surface area contributed by atoms with Crippen LogP contribution in [0.1, 0.15) is 102 Å². The molecule has 12 heteroatoms. The molecule has 0 unspecified atom stereocenters. The van der Waals surface area contributed by atoms with E-state index in [-0.39, 0.29) is 12.1 Å². The molecule has 0 aromatic carbocycles. The molecule has 1 saturated heterocycles. The zero-order valence-corrected chi connectivity index (χ0v) is 27.9. The van der Waals surface area contributed by atoms with Crippen LogP contribution in [0.3, 0.4) is 0 Å². The summed E-state index contributed by atoms with van der Waals surface area (Å²) in [6.45, 7) is 9.13. The number of nitriles is 1. The lowest BCUT2D eigenvalue weighted by Crippen LogP contribution is -2.63. The first-order valence-corrected chi connectivity index (χ1v) is 16.8. The summed E-state index contributed by atoms with van der Waals surface area (Å²) >= 11 is 0. The Hall–Kier alpha value is -4.37. The Morgan fingerprint density at radius 3 is 2.36 bits per heavy atom. The van der Waals surface area contributed by atoms with Crippen LogP contribution in [0.25, 0.3) is 22.3 Å². The number of carboxylic acids is 1. The molecular weight excluding hydrogens is 594 g/mol. The Balaban J connectivity index is 1.08. The maximum atomic E-state index is 11.1. The Bertz CT molecular complexity index is 1640. The molecular formula is C35H47N9O3. The Kier molecular flexibility index (Phi) is 11.2. The molecule has 1 N–H and O–H groups in total. The number of aromatic carboxylic acids is 1. The van der Waals surface area contributed by atoms with Crippen LogP contribution in [0.15, 0.2) is 43.4 Å². The largest absolute Gasteiger partial charge is 0.476 e. The van der Waals surface area contributed by atoms with Gasteiger partial charge in [0.15, 0.2) is 5.69 Å². The van der Waals surface area contributed by atoms with E-state index in [0.717, 1.165) is 35.3 Å². The average molecular weight is 642 g/mol. The minimum atomic E-state index is -1.12. The van der Waals surface area contributed by atoms with Crippen molar-refractivity contribution in [3.05, 3.63) is 49.1 Å². The first kappa shape index (κ1) is 34.0. The third-order valence-corrected chi connectivity index (χ3v) is 8.90. The molecule has 0 radical (unpaired) electrons. The third-order valence-electron chi connectivity index (χ3n) is 8.90. The van der Waals surface area contributed by atoms with Crippen LogP contribution < -0.4 is 4.90 Å². The molecule has 47 heavy (non-hydrogen) atoms. The van der Waals surface area contributed by atoms with Crippen LogP contribution in [0.2, 0.25) is 0 Å². The molecule has 1 fully saturated rings. The van der Waals surface area contributed by atoms with Gasteiger partial charge in [0.05, 0.1) is 36.8 Å². The highest BCUT2D eigenvalue weighted by molar-refractivity contribution is 5.90. The molecule has 1 aliphatic rings. The van der Waals surface area contributed by atoms with Crippen LogP contribution in [-0.2, 0) is 17.0 Å². The van der Waals surface area contributed by atoms with Crippen molar-refractivity contribution in [1.29, 1.82) is 5.26 Å². The number of hydrogen-bond donors (Lipinski definition) is 1. The van der Waals surface area contributed by atoms with E-state index in [0.29, 0.717) is 31.1 Å². The van der Waals surface area contributed by atoms with Crippen molar-refractivity contribution in [3.63, 3.8) is 0 Å².